The SMILES string of the molecule is Cc1ccc(S(=O)(=O)C(C=O)Cc2ccc([N+](=O)[O-])cc2)cc1. The molecule has 0 saturated heterocycles. The van der Waals surface area contributed by atoms with Gasteiger partial charge in [-0.15, -0.1) is 0 Å². The Balaban J connectivity index is 2.26. The summed E-state index contributed by atoms with van der Waals surface area (Å²) in [5, 5.41) is 9.39. The van der Waals surface area contributed by atoms with E-state index in [4.69, 9.17) is 0 Å². The van der Waals surface area contributed by atoms with Gasteiger partial charge >= 0.3 is 0 Å². The molecule has 0 aromatic heterocycles. The molecule has 23 heavy (non-hydrogen) atoms. The van der Waals surface area contributed by atoms with Crippen molar-refractivity contribution in [1.29, 1.82) is 0 Å². The Labute approximate surface area is 133 Å². The van der Waals surface area contributed by atoms with Crippen LogP contribution in [0.4, 0.5) is 5.69 Å². The zero-order valence-electron chi connectivity index (χ0n) is 12.4. The smallest absolute Gasteiger partial charge is 0.269 e. The van der Waals surface area contributed by atoms with Crippen LogP contribution in [0, 0.1) is 17.0 Å². The molecule has 0 aliphatic heterocycles. The summed E-state index contributed by atoms with van der Waals surface area (Å²) in [7, 11) is -3.79. The lowest BCUT2D eigenvalue weighted by Gasteiger charge is -2.12. The molecule has 0 N–H and O–H groups in total. The summed E-state index contributed by atoms with van der Waals surface area (Å²) in [6.45, 7) is 1.84. The summed E-state index contributed by atoms with van der Waals surface area (Å²) in [6.07, 6.45) is 0.369. The predicted octanol–water partition coefficient (Wildman–Crippen LogP) is 2.49. The van der Waals surface area contributed by atoms with Gasteiger partial charge in [-0.25, -0.2) is 8.42 Å². The van der Waals surface area contributed by atoms with E-state index in [1.165, 1.54) is 36.4 Å². The van der Waals surface area contributed by atoms with Crippen LogP contribution in [-0.4, -0.2) is 24.9 Å². The summed E-state index contributed by atoms with van der Waals surface area (Å²) in [4.78, 5) is 21.4. The van der Waals surface area contributed by atoms with Crippen molar-refractivity contribution in [1.82, 2.24) is 0 Å². The Morgan fingerprint density at radius 3 is 2.13 bits per heavy atom. The zero-order valence-corrected chi connectivity index (χ0v) is 13.2. The predicted molar refractivity (Wildman–Crippen MR) is 85.0 cm³/mol. The summed E-state index contributed by atoms with van der Waals surface area (Å²) < 4.78 is 25.0. The minimum Gasteiger partial charge on any atom is -0.302 e. The molecule has 0 aliphatic carbocycles. The van der Waals surface area contributed by atoms with E-state index in [2.05, 4.69) is 0 Å². The fraction of sp³-hybridized carbons (Fsp3) is 0.188. The fourth-order valence-electron chi connectivity index (χ4n) is 2.12. The van der Waals surface area contributed by atoms with Gasteiger partial charge in [0.25, 0.3) is 5.69 Å². The van der Waals surface area contributed by atoms with Crippen molar-refractivity contribution >= 4 is 21.8 Å². The number of carbonyl (C=O) groups is 1. The zero-order chi connectivity index (χ0) is 17.0. The molecule has 0 radical (unpaired) electrons. The third-order valence-corrected chi connectivity index (χ3v) is 5.49. The van der Waals surface area contributed by atoms with E-state index in [9.17, 15) is 23.3 Å². The maximum Gasteiger partial charge on any atom is 0.269 e. The molecular formula is C16H15NO5S. The number of hydrogen-bond donors (Lipinski definition) is 0. The minimum absolute atomic E-state index is 0.0301. The van der Waals surface area contributed by atoms with Crippen molar-refractivity contribution in [2.75, 3.05) is 0 Å². The van der Waals surface area contributed by atoms with Crippen molar-refractivity contribution in [2.45, 2.75) is 23.5 Å². The lowest BCUT2D eigenvalue weighted by atomic mass is 10.1. The fourth-order valence-corrected chi connectivity index (χ4v) is 3.54. The van der Waals surface area contributed by atoms with Crippen LogP contribution in [0.2, 0.25) is 0 Å². The first-order chi connectivity index (χ1) is 10.8. The average molecular weight is 333 g/mol. The molecule has 0 aliphatic rings. The van der Waals surface area contributed by atoms with E-state index in [0.29, 0.717) is 11.8 Å². The standard InChI is InChI=1S/C16H15NO5S/c1-12-2-8-15(9-3-12)23(21,22)16(11-18)10-13-4-6-14(7-5-13)17(19)20/h2-9,11,16H,10H2,1H3. The molecule has 1 unspecified atom stereocenters. The van der Waals surface area contributed by atoms with E-state index in [-0.39, 0.29) is 17.0 Å². The first-order valence-corrected chi connectivity index (χ1v) is 8.38. The van der Waals surface area contributed by atoms with Crippen molar-refractivity contribution in [3.8, 4) is 0 Å². The third-order valence-electron chi connectivity index (χ3n) is 3.48. The van der Waals surface area contributed by atoms with Gasteiger partial charge in [0, 0.05) is 12.1 Å². The first kappa shape index (κ1) is 16.8. The maximum absolute atomic E-state index is 12.5. The number of rotatable bonds is 6. The molecule has 0 bridgehead atoms. The lowest BCUT2D eigenvalue weighted by molar-refractivity contribution is -0.384. The number of aryl methyl sites for hydroxylation is 1. The van der Waals surface area contributed by atoms with Crippen molar-refractivity contribution < 1.29 is 18.1 Å². The quantitative estimate of drug-likeness (QED) is 0.460. The van der Waals surface area contributed by atoms with Crippen LogP contribution in [0.15, 0.2) is 53.4 Å². The molecular weight excluding hydrogens is 318 g/mol. The molecule has 0 fully saturated rings. The molecule has 1 atom stereocenters. The molecule has 2 aromatic carbocycles. The van der Waals surface area contributed by atoms with Crippen molar-refractivity contribution in [3.63, 3.8) is 0 Å². The largest absolute Gasteiger partial charge is 0.302 e. The second-order valence-corrected chi connectivity index (χ2v) is 7.33. The number of hydrogen-bond acceptors (Lipinski definition) is 5. The van der Waals surface area contributed by atoms with Crippen LogP contribution in [0.25, 0.3) is 0 Å². The normalized spacial score (nSPS) is 12.6. The van der Waals surface area contributed by atoms with Crippen LogP contribution in [0.3, 0.4) is 0 Å². The molecule has 2 aromatic rings. The van der Waals surface area contributed by atoms with Gasteiger partial charge < -0.3 is 4.79 Å². The lowest BCUT2D eigenvalue weighted by Crippen LogP contribution is -2.25. The second-order valence-electron chi connectivity index (χ2n) is 5.16. The molecule has 0 spiro atoms. The van der Waals surface area contributed by atoms with Crippen LogP contribution in [0.1, 0.15) is 11.1 Å². The van der Waals surface area contributed by atoms with Gasteiger partial charge in [-0.1, -0.05) is 29.8 Å². The van der Waals surface area contributed by atoms with Gasteiger partial charge in [0.15, 0.2) is 9.84 Å². The monoisotopic (exact) mass is 333 g/mol. The number of sulfone groups is 1. The molecule has 0 amide bonds. The van der Waals surface area contributed by atoms with E-state index in [1.807, 2.05) is 6.92 Å². The van der Waals surface area contributed by atoms with Gasteiger partial charge in [-0.3, -0.25) is 10.1 Å². The topological polar surface area (TPSA) is 94.3 Å². The van der Waals surface area contributed by atoms with E-state index < -0.39 is 20.0 Å². The highest BCUT2D eigenvalue weighted by atomic mass is 32.2. The summed E-state index contributed by atoms with van der Waals surface area (Å²) >= 11 is 0. The van der Waals surface area contributed by atoms with Gasteiger partial charge in [-0.05, 0) is 31.0 Å². The Morgan fingerprint density at radius 2 is 1.65 bits per heavy atom. The van der Waals surface area contributed by atoms with Gasteiger partial charge in [0.1, 0.15) is 11.5 Å². The Kier molecular flexibility index (Phi) is 4.90. The highest BCUT2D eigenvalue weighted by molar-refractivity contribution is 7.92. The Morgan fingerprint density at radius 1 is 1.09 bits per heavy atom. The van der Waals surface area contributed by atoms with Crippen LogP contribution < -0.4 is 0 Å². The third kappa shape index (κ3) is 3.81. The second kappa shape index (κ2) is 6.70. The number of benzene rings is 2. The highest BCUT2D eigenvalue weighted by Gasteiger charge is 2.27. The van der Waals surface area contributed by atoms with Gasteiger partial charge in [-0.2, -0.15) is 0 Å². The molecule has 120 valence electrons. The van der Waals surface area contributed by atoms with Crippen LogP contribution in [-0.2, 0) is 21.1 Å². The molecule has 0 saturated carbocycles. The summed E-state index contributed by atoms with van der Waals surface area (Å²) in [5.41, 5.74) is 1.38. The molecule has 2 rings (SSSR count). The Hall–Kier alpha value is -2.54. The van der Waals surface area contributed by atoms with Crippen LogP contribution in [0.5, 0.6) is 0 Å². The molecule has 7 heteroatoms. The van der Waals surface area contributed by atoms with Crippen molar-refractivity contribution in [3.05, 3.63) is 69.8 Å². The first-order valence-electron chi connectivity index (χ1n) is 6.84. The summed E-state index contributed by atoms with van der Waals surface area (Å²) in [6, 6.07) is 11.8. The number of non-ortho nitro benzene ring substituents is 1. The van der Waals surface area contributed by atoms with Gasteiger partial charge in [0.2, 0.25) is 0 Å². The number of aldehydes is 1. The average Bonchev–Trinajstić information content (AvgIpc) is 2.53. The van der Waals surface area contributed by atoms with E-state index in [0.717, 1.165) is 5.56 Å². The van der Waals surface area contributed by atoms with E-state index >= 15 is 0 Å². The number of carbonyl (C=O) groups excluding carboxylic acids is 1. The molecule has 0 heterocycles. The summed E-state index contributed by atoms with van der Waals surface area (Å²) in [5.74, 6) is 0. The number of nitro groups is 1. The van der Waals surface area contributed by atoms with Crippen LogP contribution >= 0.6 is 0 Å². The Bertz CT molecular complexity index is 811. The number of nitrogens with zero attached hydrogens (tertiary/aromatic N) is 1. The van der Waals surface area contributed by atoms with E-state index in [1.54, 1.807) is 12.1 Å². The maximum atomic E-state index is 12.5. The van der Waals surface area contributed by atoms with Gasteiger partial charge in [0.05, 0.1) is 9.82 Å². The minimum atomic E-state index is -3.79. The van der Waals surface area contributed by atoms with Crippen molar-refractivity contribution in [2.24, 2.45) is 0 Å². The number of nitro benzene ring substituents is 1. The highest BCUT2D eigenvalue weighted by Crippen LogP contribution is 2.20. The molecule has 6 nitrogen and oxygen atoms in total.